The Balaban J connectivity index is 2.25. The summed E-state index contributed by atoms with van der Waals surface area (Å²) in [5.41, 5.74) is 0.193. The van der Waals surface area contributed by atoms with Crippen LogP contribution in [0.5, 0.6) is 0 Å². The third-order valence-corrected chi connectivity index (χ3v) is 4.20. The van der Waals surface area contributed by atoms with Crippen LogP contribution in [0.3, 0.4) is 0 Å². The van der Waals surface area contributed by atoms with E-state index < -0.39 is 0 Å². The number of aliphatic hydroxyl groups is 1. The molecule has 0 aromatic carbocycles. The zero-order valence-corrected chi connectivity index (χ0v) is 8.92. The van der Waals surface area contributed by atoms with Crippen molar-refractivity contribution in [3.63, 3.8) is 0 Å². The van der Waals surface area contributed by atoms with Crippen molar-refractivity contribution < 1.29 is 9.90 Å². The van der Waals surface area contributed by atoms with E-state index in [0.29, 0.717) is 18.3 Å². The summed E-state index contributed by atoms with van der Waals surface area (Å²) in [6.07, 6.45) is 2.01. The summed E-state index contributed by atoms with van der Waals surface area (Å²) >= 11 is 0. The minimum absolute atomic E-state index is 0.152. The second kappa shape index (κ2) is 3.23. The van der Waals surface area contributed by atoms with E-state index >= 15 is 0 Å². The average Bonchev–Trinajstić information content (AvgIpc) is 2.18. The first-order valence-electron chi connectivity index (χ1n) is 5.45. The Morgan fingerprint density at radius 1 is 1.36 bits per heavy atom. The third-order valence-electron chi connectivity index (χ3n) is 4.20. The van der Waals surface area contributed by atoms with E-state index in [9.17, 15) is 9.90 Å². The second-order valence-electron chi connectivity index (χ2n) is 5.35. The summed E-state index contributed by atoms with van der Waals surface area (Å²) in [6, 6.07) is 0. The number of carbonyl (C=O) groups excluding carboxylic acids is 1. The summed E-state index contributed by atoms with van der Waals surface area (Å²) in [4.78, 5) is 11.4. The molecule has 1 aliphatic heterocycles. The lowest BCUT2D eigenvalue weighted by Crippen LogP contribution is -2.42. The zero-order chi connectivity index (χ0) is 10.3. The summed E-state index contributed by atoms with van der Waals surface area (Å²) in [6.45, 7) is 5.20. The predicted octanol–water partition coefficient (Wildman–Crippen LogP) is 0.920. The lowest BCUT2D eigenvalue weighted by molar-refractivity contribution is -0.122. The van der Waals surface area contributed by atoms with Gasteiger partial charge in [0.2, 0.25) is 5.91 Å². The summed E-state index contributed by atoms with van der Waals surface area (Å²) < 4.78 is 0. The molecule has 2 fully saturated rings. The van der Waals surface area contributed by atoms with Gasteiger partial charge in [-0.1, -0.05) is 13.8 Å². The maximum absolute atomic E-state index is 11.4. The fraction of sp³-hybridized carbons (Fsp3) is 0.909. The van der Waals surface area contributed by atoms with Gasteiger partial charge in [-0.15, -0.1) is 0 Å². The number of fused-ring (bicyclic) bond motifs is 2. The van der Waals surface area contributed by atoms with Crippen molar-refractivity contribution >= 4 is 5.91 Å². The highest BCUT2D eigenvalue weighted by Crippen LogP contribution is 2.47. The summed E-state index contributed by atoms with van der Waals surface area (Å²) in [5, 5.41) is 12.7. The minimum Gasteiger partial charge on any atom is -0.393 e. The number of rotatable bonds is 0. The fourth-order valence-corrected chi connectivity index (χ4v) is 2.92. The van der Waals surface area contributed by atoms with Crippen molar-refractivity contribution in [2.75, 3.05) is 6.54 Å². The molecular weight excluding hydrogens is 178 g/mol. The summed E-state index contributed by atoms with van der Waals surface area (Å²) in [5.74, 6) is 0.932. The van der Waals surface area contributed by atoms with E-state index in [1.165, 1.54) is 0 Å². The van der Waals surface area contributed by atoms with Crippen LogP contribution < -0.4 is 5.32 Å². The molecule has 1 amide bonds. The fourth-order valence-electron chi connectivity index (χ4n) is 2.92. The monoisotopic (exact) mass is 197 g/mol. The first-order chi connectivity index (χ1) is 6.50. The Labute approximate surface area is 84.9 Å². The van der Waals surface area contributed by atoms with E-state index in [4.69, 9.17) is 0 Å². The molecule has 14 heavy (non-hydrogen) atoms. The quantitative estimate of drug-likeness (QED) is 0.606. The van der Waals surface area contributed by atoms with Gasteiger partial charge in [-0.3, -0.25) is 4.79 Å². The molecule has 0 radical (unpaired) electrons. The molecule has 2 bridgehead atoms. The Morgan fingerprint density at radius 3 is 2.71 bits per heavy atom. The molecular formula is C11H19NO2. The van der Waals surface area contributed by atoms with Gasteiger partial charge in [0.1, 0.15) is 0 Å². The molecule has 3 nitrogen and oxygen atoms in total. The molecule has 3 heteroatoms. The van der Waals surface area contributed by atoms with E-state index in [-0.39, 0.29) is 17.4 Å². The van der Waals surface area contributed by atoms with Gasteiger partial charge < -0.3 is 10.4 Å². The van der Waals surface area contributed by atoms with Crippen molar-refractivity contribution in [3.05, 3.63) is 0 Å². The van der Waals surface area contributed by atoms with Gasteiger partial charge >= 0.3 is 0 Å². The van der Waals surface area contributed by atoms with Gasteiger partial charge in [-0.25, -0.2) is 0 Å². The molecule has 2 unspecified atom stereocenters. The second-order valence-corrected chi connectivity index (χ2v) is 5.35. The standard InChI is InChI=1S/C11H19NO2/c1-11(2)7-3-9(13)4-8(11)6-12-10(14)5-7/h7-9,13H,3-6H2,1-2H3,(H,12,14)/t7?,8?,9-/m0/s1. The first kappa shape index (κ1) is 9.97. The maximum atomic E-state index is 11.4. The molecule has 0 spiro atoms. The van der Waals surface area contributed by atoms with Crippen LogP contribution in [0.1, 0.15) is 33.1 Å². The van der Waals surface area contributed by atoms with Crippen LogP contribution in [0, 0.1) is 17.3 Å². The van der Waals surface area contributed by atoms with E-state index in [1.54, 1.807) is 0 Å². The largest absolute Gasteiger partial charge is 0.393 e. The van der Waals surface area contributed by atoms with E-state index in [0.717, 1.165) is 19.4 Å². The Bertz CT molecular complexity index is 250. The van der Waals surface area contributed by atoms with Crippen LogP contribution in [0.2, 0.25) is 0 Å². The minimum atomic E-state index is -0.203. The zero-order valence-electron chi connectivity index (χ0n) is 8.92. The smallest absolute Gasteiger partial charge is 0.220 e. The van der Waals surface area contributed by atoms with E-state index in [2.05, 4.69) is 19.2 Å². The topological polar surface area (TPSA) is 49.3 Å². The molecule has 2 rings (SSSR count). The number of nitrogens with one attached hydrogen (secondary N) is 1. The highest BCUT2D eigenvalue weighted by Gasteiger charge is 2.45. The third kappa shape index (κ3) is 1.54. The van der Waals surface area contributed by atoms with Crippen LogP contribution >= 0.6 is 0 Å². The highest BCUT2D eigenvalue weighted by molar-refractivity contribution is 5.76. The molecule has 0 aromatic heterocycles. The normalized spacial score (nSPS) is 41.4. The molecule has 2 N–H and O–H groups in total. The van der Waals surface area contributed by atoms with Crippen LogP contribution in [0.15, 0.2) is 0 Å². The molecule has 3 atom stereocenters. The predicted molar refractivity (Wildman–Crippen MR) is 53.6 cm³/mol. The van der Waals surface area contributed by atoms with Crippen molar-refractivity contribution in [1.82, 2.24) is 5.32 Å². The highest BCUT2D eigenvalue weighted by atomic mass is 16.3. The van der Waals surface area contributed by atoms with Crippen molar-refractivity contribution in [3.8, 4) is 0 Å². The lowest BCUT2D eigenvalue weighted by Gasteiger charge is -2.45. The average molecular weight is 197 g/mol. The van der Waals surface area contributed by atoms with Crippen LogP contribution in [-0.4, -0.2) is 23.7 Å². The van der Waals surface area contributed by atoms with Gasteiger partial charge in [0.15, 0.2) is 0 Å². The van der Waals surface area contributed by atoms with Crippen molar-refractivity contribution in [2.45, 2.75) is 39.2 Å². The number of hydrogen-bond donors (Lipinski definition) is 2. The molecule has 1 saturated carbocycles. The molecule has 1 heterocycles. The van der Waals surface area contributed by atoms with Crippen LogP contribution in [-0.2, 0) is 4.79 Å². The number of amides is 1. The van der Waals surface area contributed by atoms with Gasteiger partial charge in [0.05, 0.1) is 6.10 Å². The number of aliphatic hydroxyl groups excluding tert-OH is 1. The van der Waals surface area contributed by atoms with Gasteiger partial charge in [-0.05, 0) is 30.1 Å². The molecule has 2 aliphatic rings. The first-order valence-corrected chi connectivity index (χ1v) is 5.45. The maximum Gasteiger partial charge on any atom is 0.220 e. The Hall–Kier alpha value is -0.570. The molecule has 80 valence electrons. The summed E-state index contributed by atoms with van der Waals surface area (Å²) in [7, 11) is 0. The molecule has 1 aliphatic carbocycles. The van der Waals surface area contributed by atoms with E-state index in [1.807, 2.05) is 0 Å². The molecule has 0 aromatic rings. The Morgan fingerprint density at radius 2 is 2.00 bits per heavy atom. The van der Waals surface area contributed by atoms with Gasteiger partial charge in [0, 0.05) is 13.0 Å². The van der Waals surface area contributed by atoms with Crippen molar-refractivity contribution in [2.24, 2.45) is 17.3 Å². The number of carbonyl (C=O) groups is 1. The van der Waals surface area contributed by atoms with Crippen LogP contribution in [0.4, 0.5) is 0 Å². The molecule has 1 saturated heterocycles. The van der Waals surface area contributed by atoms with Crippen LogP contribution in [0.25, 0.3) is 0 Å². The lowest BCUT2D eigenvalue weighted by atomic mass is 9.61. The van der Waals surface area contributed by atoms with Gasteiger partial charge in [-0.2, -0.15) is 0 Å². The number of hydrogen-bond acceptors (Lipinski definition) is 2. The van der Waals surface area contributed by atoms with Gasteiger partial charge in [0.25, 0.3) is 0 Å². The Kier molecular flexibility index (Phi) is 2.30. The SMILES string of the molecule is CC1(C)C2CNC(=O)CC1C[C@H](O)C2. The van der Waals surface area contributed by atoms with Crippen molar-refractivity contribution in [1.29, 1.82) is 0 Å².